The summed E-state index contributed by atoms with van der Waals surface area (Å²) in [5.74, 6) is 0.0440. The van der Waals surface area contributed by atoms with Gasteiger partial charge in [0.15, 0.2) is 0 Å². The van der Waals surface area contributed by atoms with Gasteiger partial charge in [-0.15, -0.1) is 0 Å². The molecule has 2 aliphatic rings. The Balaban J connectivity index is 1.61. The summed E-state index contributed by atoms with van der Waals surface area (Å²) in [5.41, 5.74) is 0.219. The zero-order valence-electron chi connectivity index (χ0n) is 11.9. The fourth-order valence-corrected chi connectivity index (χ4v) is 5.36. The van der Waals surface area contributed by atoms with Gasteiger partial charge in [-0.05, 0) is 5.56 Å². The number of ether oxygens (including phenoxy) is 2. The molecule has 1 aromatic rings. The van der Waals surface area contributed by atoms with E-state index in [1.165, 1.54) is 0 Å². The average Bonchev–Trinajstić information content (AvgIpc) is 2.82. The first-order valence-electron chi connectivity index (χ1n) is 7.02. The van der Waals surface area contributed by atoms with Crippen molar-refractivity contribution in [3.63, 3.8) is 0 Å². The molecule has 6 heteroatoms. The lowest BCUT2D eigenvalue weighted by Gasteiger charge is -2.29. The predicted octanol–water partition coefficient (Wildman–Crippen LogP) is 1.15. The van der Waals surface area contributed by atoms with E-state index in [9.17, 15) is 9.00 Å². The minimum atomic E-state index is -1.02. The number of hydrogen-bond acceptors (Lipinski definition) is 4. The van der Waals surface area contributed by atoms with Crippen molar-refractivity contribution in [3.05, 3.63) is 35.9 Å². The van der Waals surface area contributed by atoms with Crippen LogP contribution in [0.2, 0.25) is 0 Å². The Kier molecular flexibility index (Phi) is 3.93. The zero-order chi connectivity index (χ0) is 15.0. The average molecular weight is 304 g/mol. The number of carbonyl (C=O) groups is 1. The molecule has 0 amide bonds. The lowest BCUT2D eigenvalue weighted by molar-refractivity contribution is -0.151. The van der Waals surface area contributed by atoms with Gasteiger partial charge in [0.1, 0.15) is 14.5 Å². The third-order valence-electron chi connectivity index (χ3n) is 4.39. The minimum Gasteiger partial charge on any atom is -0.461 e. The van der Waals surface area contributed by atoms with Crippen LogP contribution < -0.4 is 0 Å². The summed E-state index contributed by atoms with van der Waals surface area (Å²) >= 11 is 0. The number of esters is 1. The van der Waals surface area contributed by atoms with Crippen molar-refractivity contribution in [2.24, 2.45) is 5.92 Å². The molecule has 0 spiro atoms. The summed E-state index contributed by atoms with van der Waals surface area (Å²) < 4.78 is 23.1. The molecule has 0 aliphatic carbocycles. The van der Waals surface area contributed by atoms with E-state index in [0.717, 1.165) is 5.56 Å². The molecule has 3 rings (SSSR count). The molecule has 0 saturated carbocycles. The molecule has 2 saturated heterocycles. The molecule has 2 radical (unpaired) electrons. The van der Waals surface area contributed by atoms with E-state index < -0.39 is 22.4 Å². The Bertz CT molecular complexity index is 564. The molecule has 2 bridgehead atoms. The second-order valence-electron chi connectivity index (χ2n) is 5.75. The maximum atomic E-state index is 12.1. The van der Waals surface area contributed by atoms with Gasteiger partial charge in [0.05, 0.1) is 23.0 Å². The molecule has 0 N–H and O–H groups in total. The topological polar surface area (TPSA) is 52.6 Å². The van der Waals surface area contributed by atoms with E-state index in [-0.39, 0.29) is 30.2 Å². The number of benzene rings is 1. The Morgan fingerprint density at radius 1 is 1.48 bits per heavy atom. The summed E-state index contributed by atoms with van der Waals surface area (Å²) in [7, 11) is 4.83. The van der Waals surface area contributed by atoms with Gasteiger partial charge < -0.3 is 9.47 Å². The van der Waals surface area contributed by atoms with Gasteiger partial charge in [-0.2, -0.15) is 0 Å². The number of rotatable bonds is 4. The summed E-state index contributed by atoms with van der Waals surface area (Å²) in [5, 5.41) is -0.174. The SMILES string of the molecule is [B][C@@H]1O[C@@]2(CC(=O)OCc3ccccc3)CS(=O)[C@H]1C2C. The van der Waals surface area contributed by atoms with Crippen molar-refractivity contribution in [2.75, 3.05) is 5.75 Å². The van der Waals surface area contributed by atoms with Crippen LogP contribution in [0.4, 0.5) is 0 Å². The van der Waals surface area contributed by atoms with E-state index in [1.807, 2.05) is 37.3 Å². The fraction of sp³-hybridized carbons (Fsp3) is 0.533. The largest absolute Gasteiger partial charge is 0.461 e. The van der Waals surface area contributed by atoms with Crippen LogP contribution in [-0.2, 0) is 31.7 Å². The third kappa shape index (κ3) is 2.67. The fourth-order valence-electron chi connectivity index (χ4n) is 3.20. The highest BCUT2D eigenvalue weighted by Crippen LogP contribution is 2.47. The van der Waals surface area contributed by atoms with Crippen molar-refractivity contribution in [1.82, 2.24) is 0 Å². The smallest absolute Gasteiger partial charge is 0.309 e. The quantitative estimate of drug-likeness (QED) is 0.618. The normalized spacial score (nSPS) is 37.6. The van der Waals surface area contributed by atoms with Gasteiger partial charge in [0.2, 0.25) is 0 Å². The van der Waals surface area contributed by atoms with Crippen LogP contribution in [0.15, 0.2) is 30.3 Å². The molecule has 2 fully saturated rings. The molecular formula is C15H17BO4S. The Morgan fingerprint density at radius 2 is 2.19 bits per heavy atom. The monoisotopic (exact) mass is 304 g/mol. The van der Waals surface area contributed by atoms with Crippen molar-refractivity contribution in [2.45, 2.75) is 36.8 Å². The molecule has 5 atom stereocenters. The summed E-state index contributed by atoms with van der Waals surface area (Å²) in [6.45, 7) is 2.19. The van der Waals surface area contributed by atoms with Gasteiger partial charge in [-0.25, -0.2) is 0 Å². The van der Waals surface area contributed by atoms with E-state index in [2.05, 4.69) is 0 Å². The minimum absolute atomic E-state index is 0.0117. The molecule has 1 aromatic carbocycles. The maximum Gasteiger partial charge on any atom is 0.309 e. The van der Waals surface area contributed by atoms with Crippen LogP contribution in [0.1, 0.15) is 18.9 Å². The van der Waals surface area contributed by atoms with Gasteiger partial charge in [-0.3, -0.25) is 9.00 Å². The first-order valence-corrected chi connectivity index (χ1v) is 8.40. The van der Waals surface area contributed by atoms with Crippen molar-refractivity contribution in [3.8, 4) is 0 Å². The molecule has 2 heterocycles. The zero-order valence-corrected chi connectivity index (χ0v) is 12.7. The summed E-state index contributed by atoms with van der Waals surface area (Å²) in [6.07, 6.45) is 0.108. The van der Waals surface area contributed by atoms with Crippen molar-refractivity contribution in [1.29, 1.82) is 0 Å². The van der Waals surface area contributed by atoms with Gasteiger partial charge in [0.25, 0.3) is 0 Å². The van der Waals surface area contributed by atoms with Gasteiger partial charge >= 0.3 is 5.97 Å². The van der Waals surface area contributed by atoms with Crippen LogP contribution in [0, 0.1) is 5.92 Å². The Labute approximate surface area is 128 Å². The highest BCUT2D eigenvalue weighted by atomic mass is 32.2. The van der Waals surface area contributed by atoms with Crippen LogP contribution in [0.25, 0.3) is 0 Å². The lowest BCUT2D eigenvalue weighted by Crippen LogP contribution is -2.41. The summed E-state index contributed by atoms with van der Waals surface area (Å²) in [6, 6.07) is 8.96. The second-order valence-corrected chi connectivity index (χ2v) is 7.34. The molecule has 4 nitrogen and oxygen atoms in total. The Morgan fingerprint density at radius 3 is 2.81 bits per heavy atom. The van der Waals surface area contributed by atoms with Crippen LogP contribution in [-0.4, -0.2) is 40.6 Å². The molecular weight excluding hydrogens is 287 g/mol. The first-order chi connectivity index (χ1) is 10.0. The second kappa shape index (κ2) is 5.57. The molecule has 2 aliphatic heterocycles. The van der Waals surface area contributed by atoms with E-state index in [4.69, 9.17) is 17.3 Å². The van der Waals surface area contributed by atoms with Crippen LogP contribution in [0.3, 0.4) is 0 Å². The van der Waals surface area contributed by atoms with Gasteiger partial charge in [-0.1, -0.05) is 37.3 Å². The molecule has 21 heavy (non-hydrogen) atoms. The van der Waals surface area contributed by atoms with Gasteiger partial charge in [0, 0.05) is 22.7 Å². The molecule has 2 unspecified atom stereocenters. The highest BCUT2D eigenvalue weighted by Gasteiger charge is 2.60. The lowest BCUT2D eigenvalue weighted by atomic mass is 9.84. The molecule has 110 valence electrons. The van der Waals surface area contributed by atoms with E-state index in [1.54, 1.807) is 0 Å². The van der Waals surface area contributed by atoms with E-state index >= 15 is 0 Å². The van der Waals surface area contributed by atoms with Crippen LogP contribution in [0.5, 0.6) is 0 Å². The maximum absolute atomic E-state index is 12.1. The summed E-state index contributed by atoms with van der Waals surface area (Å²) in [4.78, 5) is 12.1. The molecule has 0 aromatic heterocycles. The Hall–Kier alpha value is -1.14. The first kappa shape index (κ1) is 14.8. The number of fused-ring (bicyclic) bond motifs is 2. The van der Waals surface area contributed by atoms with Crippen LogP contribution >= 0.6 is 0 Å². The van der Waals surface area contributed by atoms with Crippen molar-refractivity contribution >= 4 is 24.6 Å². The predicted molar refractivity (Wildman–Crippen MR) is 80.2 cm³/mol. The number of carbonyl (C=O) groups excluding carboxylic acids is 1. The standard InChI is InChI=1S/C15H17BO4S/c1-10-13-14(16)20-15(10,9-21(13)18)7-12(17)19-8-11-5-3-2-4-6-11/h2-6,10,13-14H,7-9H2,1H3/t10?,13-,14+,15-,21?/m0/s1. The van der Waals surface area contributed by atoms with Crippen molar-refractivity contribution < 1.29 is 18.5 Å². The number of hydrogen-bond donors (Lipinski definition) is 0. The highest BCUT2D eigenvalue weighted by molar-refractivity contribution is 7.86. The van der Waals surface area contributed by atoms with E-state index in [0.29, 0.717) is 5.75 Å². The third-order valence-corrected chi connectivity index (χ3v) is 6.45.